The Balaban J connectivity index is 3.31. The minimum Gasteiger partial charge on any atom is -0.356 e. The predicted molar refractivity (Wildman–Crippen MR) is 55.6 cm³/mol. The first-order valence-corrected chi connectivity index (χ1v) is 5.21. The highest BCUT2D eigenvalue weighted by molar-refractivity contribution is 7.80. The fraction of sp³-hybridized carbons (Fsp3) is 0.889. The predicted octanol–water partition coefficient (Wildman–Crippen LogP) is 1.86. The maximum atomic E-state index is 11.1. The molecule has 0 rings (SSSR count). The lowest BCUT2D eigenvalue weighted by atomic mass is 10.1. The average molecular weight is 189 g/mol. The second kappa shape index (κ2) is 7.47. The third-order valence-corrected chi connectivity index (χ3v) is 2.22. The van der Waals surface area contributed by atoms with Gasteiger partial charge < -0.3 is 5.32 Å². The van der Waals surface area contributed by atoms with E-state index in [-0.39, 0.29) is 5.91 Å². The summed E-state index contributed by atoms with van der Waals surface area (Å²) in [5, 5.41) is 2.90. The van der Waals surface area contributed by atoms with Gasteiger partial charge in [0.15, 0.2) is 0 Å². The highest BCUT2D eigenvalue weighted by atomic mass is 32.1. The molecule has 0 saturated heterocycles. The van der Waals surface area contributed by atoms with Gasteiger partial charge in [0.25, 0.3) is 0 Å². The zero-order valence-corrected chi connectivity index (χ0v) is 8.86. The molecule has 0 aliphatic heterocycles. The number of carbonyl (C=O) groups excluding carboxylic acids is 1. The summed E-state index contributed by atoms with van der Waals surface area (Å²) in [5.41, 5.74) is 0. The van der Waals surface area contributed by atoms with Crippen molar-refractivity contribution in [3.8, 4) is 0 Å². The Morgan fingerprint density at radius 3 is 2.75 bits per heavy atom. The van der Waals surface area contributed by atoms with E-state index < -0.39 is 0 Å². The van der Waals surface area contributed by atoms with Crippen LogP contribution in [0.4, 0.5) is 0 Å². The van der Waals surface area contributed by atoms with Crippen molar-refractivity contribution in [3.63, 3.8) is 0 Å². The van der Waals surface area contributed by atoms with Gasteiger partial charge in [-0.2, -0.15) is 12.6 Å². The van der Waals surface area contributed by atoms with Crippen LogP contribution in [0.1, 0.15) is 33.1 Å². The molecule has 0 saturated carbocycles. The van der Waals surface area contributed by atoms with Gasteiger partial charge >= 0.3 is 0 Å². The number of carbonyl (C=O) groups is 1. The zero-order chi connectivity index (χ0) is 9.40. The molecule has 0 aliphatic carbocycles. The van der Waals surface area contributed by atoms with Gasteiger partial charge in [-0.1, -0.05) is 20.3 Å². The van der Waals surface area contributed by atoms with Crippen molar-refractivity contribution in [2.24, 2.45) is 5.92 Å². The van der Waals surface area contributed by atoms with Crippen molar-refractivity contribution in [1.29, 1.82) is 0 Å². The van der Waals surface area contributed by atoms with Gasteiger partial charge in [0.1, 0.15) is 0 Å². The van der Waals surface area contributed by atoms with Gasteiger partial charge in [0.05, 0.1) is 0 Å². The molecule has 0 aromatic rings. The van der Waals surface area contributed by atoms with Crippen LogP contribution in [0.15, 0.2) is 0 Å². The Hall–Kier alpha value is -0.180. The van der Waals surface area contributed by atoms with Gasteiger partial charge in [-0.25, -0.2) is 0 Å². The number of nitrogens with one attached hydrogen (secondary N) is 1. The maximum Gasteiger partial charge on any atom is 0.220 e. The molecule has 3 heteroatoms. The molecule has 0 radical (unpaired) electrons. The summed E-state index contributed by atoms with van der Waals surface area (Å²) in [6.45, 7) is 5.07. The van der Waals surface area contributed by atoms with E-state index in [1.165, 1.54) is 0 Å². The summed E-state index contributed by atoms with van der Waals surface area (Å²) in [7, 11) is 0. The van der Waals surface area contributed by atoms with Crippen LogP contribution >= 0.6 is 12.6 Å². The van der Waals surface area contributed by atoms with Crippen molar-refractivity contribution in [3.05, 3.63) is 0 Å². The SMILES string of the molecule is CCC(C)CNC(=O)CCCS. The molecule has 0 aromatic heterocycles. The fourth-order valence-corrected chi connectivity index (χ4v) is 0.919. The molecule has 0 bridgehead atoms. The van der Waals surface area contributed by atoms with E-state index in [1.54, 1.807) is 0 Å². The molecule has 2 nitrogen and oxygen atoms in total. The summed E-state index contributed by atoms with van der Waals surface area (Å²) in [6, 6.07) is 0. The van der Waals surface area contributed by atoms with Crippen molar-refractivity contribution in [1.82, 2.24) is 5.32 Å². The van der Waals surface area contributed by atoms with Crippen molar-refractivity contribution in [2.45, 2.75) is 33.1 Å². The van der Waals surface area contributed by atoms with Crippen molar-refractivity contribution >= 4 is 18.5 Å². The Morgan fingerprint density at radius 1 is 1.58 bits per heavy atom. The molecular formula is C9H19NOS. The maximum absolute atomic E-state index is 11.1. The zero-order valence-electron chi connectivity index (χ0n) is 7.97. The van der Waals surface area contributed by atoms with Crippen molar-refractivity contribution in [2.75, 3.05) is 12.3 Å². The molecule has 1 unspecified atom stereocenters. The first-order chi connectivity index (χ1) is 5.70. The van der Waals surface area contributed by atoms with Crippen LogP contribution in [0.25, 0.3) is 0 Å². The lowest BCUT2D eigenvalue weighted by Gasteiger charge is -2.09. The Bertz CT molecular complexity index is 128. The van der Waals surface area contributed by atoms with E-state index in [9.17, 15) is 4.79 Å². The molecule has 0 spiro atoms. The second-order valence-corrected chi connectivity index (χ2v) is 3.59. The minimum atomic E-state index is 0.157. The van der Waals surface area contributed by atoms with Crippen LogP contribution in [0, 0.1) is 5.92 Å². The van der Waals surface area contributed by atoms with Crippen LogP contribution < -0.4 is 5.32 Å². The van der Waals surface area contributed by atoms with Crippen LogP contribution in [0.5, 0.6) is 0 Å². The molecule has 1 atom stereocenters. The smallest absolute Gasteiger partial charge is 0.220 e. The van der Waals surface area contributed by atoms with E-state index in [1.807, 2.05) is 0 Å². The second-order valence-electron chi connectivity index (χ2n) is 3.14. The molecule has 72 valence electrons. The highest BCUT2D eigenvalue weighted by Gasteiger charge is 2.02. The van der Waals surface area contributed by atoms with Crippen LogP contribution in [-0.4, -0.2) is 18.2 Å². The average Bonchev–Trinajstić information content (AvgIpc) is 2.10. The first-order valence-electron chi connectivity index (χ1n) is 4.58. The third kappa shape index (κ3) is 6.53. The topological polar surface area (TPSA) is 29.1 Å². The monoisotopic (exact) mass is 189 g/mol. The minimum absolute atomic E-state index is 0.157. The third-order valence-electron chi connectivity index (χ3n) is 1.91. The molecular weight excluding hydrogens is 170 g/mol. The molecule has 12 heavy (non-hydrogen) atoms. The number of hydrogen-bond acceptors (Lipinski definition) is 2. The molecule has 0 fully saturated rings. The van der Waals surface area contributed by atoms with Gasteiger partial charge in [-0.15, -0.1) is 0 Å². The molecule has 1 N–H and O–H groups in total. The van der Waals surface area contributed by atoms with Gasteiger partial charge in [0.2, 0.25) is 5.91 Å². The van der Waals surface area contributed by atoms with Crippen molar-refractivity contribution < 1.29 is 4.79 Å². The van der Waals surface area contributed by atoms with E-state index in [0.717, 1.165) is 25.1 Å². The molecule has 1 amide bonds. The number of rotatable bonds is 6. The summed E-state index contributed by atoms with van der Waals surface area (Å²) < 4.78 is 0. The summed E-state index contributed by atoms with van der Waals surface area (Å²) >= 11 is 4.04. The van der Waals surface area contributed by atoms with Gasteiger partial charge in [-0.05, 0) is 18.1 Å². The molecule has 0 aromatic carbocycles. The molecule has 0 heterocycles. The van der Waals surface area contributed by atoms with Crippen LogP contribution in [0.3, 0.4) is 0 Å². The summed E-state index contributed by atoms with van der Waals surface area (Å²) in [6.07, 6.45) is 2.60. The number of thiol groups is 1. The van der Waals surface area contributed by atoms with E-state index in [2.05, 4.69) is 31.8 Å². The Morgan fingerprint density at radius 2 is 2.25 bits per heavy atom. The standard InChI is InChI=1S/C9H19NOS/c1-3-8(2)7-10-9(11)5-4-6-12/h8,12H,3-7H2,1-2H3,(H,10,11). The quantitative estimate of drug-likeness (QED) is 0.614. The highest BCUT2D eigenvalue weighted by Crippen LogP contribution is 1.98. The van der Waals surface area contributed by atoms with E-state index in [4.69, 9.17) is 0 Å². The van der Waals surface area contributed by atoms with Crippen LogP contribution in [0.2, 0.25) is 0 Å². The van der Waals surface area contributed by atoms with Gasteiger partial charge in [0, 0.05) is 13.0 Å². The fourth-order valence-electron chi connectivity index (χ4n) is 0.760. The Labute approximate surface area is 80.5 Å². The van der Waals surface area contributed by atoms with E-state index >= 15 is 0 Å². The lowest BCUT2D eigenvalue weighted by molar-refractivity contribution is -0.121. The first kappa shape index (κ1) is 11.8. The summed E-state index contributed by atoms with van der Waals surface area (Å²) in [5.74, 6) is 1.53. The largest absolute Gasteiger partial charge is 0.356 e. The van der Waals surface area contributed by atoms with Crippen LogP contribution in [-0.2, 0) is 4.79 Å². The number of amides is 1. The summed E-state index contributed by atoms with van der Waals surface area (Å²) in [4.78, 5) is 11.1. The lowest BCUT2D eigenvalue weighted by Crippen LogP contribution is -2.27. The molecule has 0 aliphatic rings. The normalized spacial score (nSPS) is 12.6. The number of hydrogen-bond donors (Lipinski definition) is 2. The van der Waals surface area contributed by atoms with E-state index in [0.29, 0.717) is 12.3 Å². The van der Waals surface area contributed by atoms with Gasteiger partial charge in [-0.3, -0.25) is 4.79 Å². The Kier molecular flexibility index (Phi) is 7.36.